The second-order valence-electron chi connectivity index (χ2n) is 3.88. The van der Waals surface area contributed by atoms with Crippen LogP contribution < -0.4 is 15.4 Å². The zero-order valence-corrected chi connectivity index (χ0v) is 10.4. The van der Waals surface area contributed by atoms with E-state index >= 15 is 0 Å². The van der Waals surface area contributed by atoms with Crippen LogP contribution in [0.3, 0.4) is 0 Å². The van der Waals surface area contributed by atoms with Crippen LogP contribution in [0.25, 0.3) is 0 Å². The maximum atomic E-state index is 11.7. The molecule has 0 aromatic carbocycles. The van der Waals surface area contributed by atoms with Crippen LogP contribution in [0.15, 0.2) is 24.5 Å². The summed E-state index contributed by atoms with van der Waals surface area (Å²) in [6.45, 7) is 4.29. The summed E-state index contributed by atoms with van der Waals surface area (Å²) >= 11 is 0. The van der Waals surface area contributed by atoms with E-state index in [4.69, 9.17) is 4.74 Å². The Morgan fingerprint density at radius 3 is 2.88 bits per heavy atom. The Labute approximate surface area is 102 Å². The van der Waals surface area contributed by atoms with Crippen molar-refractivity contribution in [2.45, 2.75) is 26.0 Å². The number of aromatic nitrogens is 1. The van der Waals surface area contributed by atoms with Crippen molar-refractivity contribution in [2.24, 2.45) is 0 Å². The number of nitrogens with zero attached hydrogens (tertiary/aromatic N) is 1. The van der Waals surface area contributed by atoms with Gasteiger partial charge in [0.25, 0.3) is 5.91 Å². The molecule has 5 nitrogen and oxygen atoms in total. The zero-order valence-electron chi connectivity index (χ0n) is 10.4. The van der Waals surface area contributed by atoms with E-state index in [0.717, 1.165) is 0 Å². The monoisotopic (exact) mass is 237 g/mol. The molecule has 0 aliphatic rings. The average Bonchev–Trinajstić information content (AvgIpc) is 2.36. The number of hydrogen-bond donors (Lipinski definition) is 2. The molecule has 0 bridgehead atoms. The number of hydrogen-bond acceptors (Lipinski definition) is 4. The first kappa shape index (κ1) is 13.4. The fourth-order valence-electron chi connectivity index (χ4n) is 1.17. The van der Waals surface area contributed by atoms with Gasteiger partial charge in [0.2, 0.25) is 0 Å². The van der Waals surface area contributed by atoms with Gasteiger partial charge < -0.3 is 15.4 Å². The standard InChI is InChI=1S/C12H19N3O2/c1-9(13-3)7-15-12(16)10(2)17-11-5-4-6-14-8-11/h4-6,8-10,13H,7H2,1-3H3,(H,15,16). The Morgan fingerprint density at radius 1 is 1.53 bits per heavy atom. The molecule has 1 aromatic rings. The molecule has 1 amide bonds. The van der Waals surface area contributed by atoms with Gasteiger partial charge in [-0.2, -0.15) is 0 Å². The highest BCUT2D eigenvalue weighted by Gasteiger charge is 2.14. The lowest BCUT2D eigenvalue weighted by Crippen LogP contribution is -2.42. The van der Waals surface area contributed by atoms with Gasteiger partial charge in [0.05, 0.1) is 6.20 Å². The summed E-state index contributed by atoms with van der Waals surface area (Å²) in [6, 6.07) is 3.78. The predicted octanol–water partition coefficient (Wildman–Crippen LogP) is 0.573. The van der Waals surface area contributed by atoms with Crippen molar-refractivity contribution in [1.29, 1.82) is 0 Å². The molecular weight excluding hydrogens is 218 g/mol. The van der Waals surface area contributed by atoms with Gasteiger partial charge >= 0.3 is 0 Å². The largest absolute Gasteiger partial charge is 0.479 e. The number of carbonyl (C=O) groups excluding carboxylic acids is 1. The summed E-state index contributed by atoms with van der Waals surface area (Å²) < 4.78 is 5.45. The van der Waals surface area contributed by atoms with Crippen LogP contribution in [-0.2, 0) is 4.79 Å². The Morgan fingerprint density at radius 2 is 2.29 bits per heavy atom. The summed E-state index contributed by atoms with van der Waals surface area (Å²) in [5.74, 6) is 0.466. The summed E-state index contributed by atoms with van der Waals surface area (Å²) in [7, 11) is 1.85. The van der Waals surface area contributed by atoms with Crippen molar-refractivity contribution in [2.75, 3.05) is 13.6 Å². The van der Waals surface area contributed by atoms with Gasteiger partial charge in [-0.15, -0.1) is 0 Å². The van der Waals surface area contributed by atoms with Gasteiger partial charge in [-0.3, -0.25) is 9.78 Å². The predicted molar refractivity (Wildman–Crippen MR) is 65.9 cm³/mol. The van der Waals surface area contributed by atoms with Crippen molar-refractivity contribution in [3.63, 3.8) is 0 Å². The number of likely N-dealkylation sites (N-methyl/N-ethyl adjacent to an activating group) is 1. The summed E-state index contributed by atoms with van der Waals surface area (Å²) in [5, 5.41) is 5.85. The molecule has 0 spiro atoms. The van der Waals surface area contributed by atoms with E-state index in [2.05, 4.69) is 15.6 Å². The molecule has 0 radical (unpaired) electrons. The molecular formula is C12H19N3O2. The van der Waals surface area contributed by atoms with E-state index in [1.165, 1.54) is 0 Å². The maximum Gasteiger partial charge on any atom is 0.260 e. The Balaban J connectivity index is 2.37. The molecule has 94 valence electrons. The molecule has 5 heteroatoms. The molecule has 1 aromatic heterocycles. The minimum Gasteiger partial charge on any atom is -0.479 e. The van der Waals surface area contributed by atoms with Crippen LogP contribution in [0.2, 0.25) is 0 Å². The van der Waals surface area contributed by atoms with Crippen molar-refractivity contribution in [3.8, 4) is 5.75 Å². The second kappa shape index (κ2) is 6.85. The molecule has 1 heterocycles. The van der Waals surface area contributed by atoms with Crippen LogP contribution in [0.1, 0.15) is 13.8 Å². The lowest BCUT2D eigenvalue weighted by Gasteiger charge is -2.16. The molecule has 0 aliphatic carbocycles. The number of nitrogens with one attached hydrogen (secondary N) is 2. The summed E-state index contributed by atoms with van der Waals surface area (Å²) in [5.41, 5.74) is 0. The first-order chi connectivity index (χ1) is 8.13. The lowest BCUT2D eigenvalue weighted by atomic mass is 10.3. The van der Waals surface area contributed by atoms with Gasteiger partial charge in [-0.05, 0) is 33.0 Å². The van der Waals surface area contributed by atoms with Crippen molar-refractivity contribution in [1.82, 2.24) is 15.6 Å². The lowest BCUT2D eigenvalue weighted by molar-refractivity contribution is -0.127. The van der Waals surface area contributed by atoms with E-state index in [1.807, 2.05) is 14.0 Å². The smallest absolute Gasteiger partial charge is 0.260 e. The molecule has 0 saturated heterocycles. The first-order valence-electron chi connectivity index (χ1n) is 5.65. The highest BCUT2D eigenvalue weighted by atomic mass is 16.5. The topological polar surface area (TPSA) is 63.2 Å². The Bertz CT molecular complexity index is 343. The van der Waals surface area contributed by atoms with Gasteiger partial charge in [-0.25, -0.2) is 0 Å². The van der Waals surface area contributed by atoms with E-state index in [-0.39, 0.29) is 11.9 Å². The van der Waals surface area contributed by atoms with E-state index < -0.39 is 6.10 Å². The van der Waals surface area contributed by atoms with E-state index in [0.29, 0.717) is 12.3 Å². The average molecular weight is 237 g/mol. The van der Waals surface area contributed by atoms with Crippen molar-refractivity contribution >= 4 is 5.91 Å². The Hall–Kier alpha value is -1.62. The highest BCUT2D eigenvalue weighted by molar-refractivity contribution is 5.80. The fourth-order valence-corrected chi connectivity index (χ4v) is 1.17. The van der Waals surface area contributed by atoms with E-state index in [1.54, 1.807) is 31.5 Å². The highest BCUT2D eigenvalue weighted by Crippen LogP contribution is 2.08. The number of rotatable bonds is 6. The van der Waals surface area contributed by atoms with Crippen LogP contribution >= 0.6 is 0 Å². The van der Waals surface area contributed by atoms with Crippen molar-refractivity contribution < 1.29 is 9.53 Å². The molecule has 0 aliphatic heterocycles. The molecule has 1 rings (SSSR count). The number of carbonyl (C=O) groups is 1. The Kier molecular flexibility index (Phi) is 5.42. The van der Waals surface area contributed by atoms with Gasteiger partial charge in [-0.1, -0.05) is 0 Å². The number of ether oxygens (including phenoxy) is 1. The van der Waals surface area contributed by atoms with Crippen molar-refractivity contribution in [3.05, 3.63) is 24.5 Å². The van der Waals surface area contributed by atoms with E-state index in [9.17, 15) is 4.79 Å². The number of amides is 1. The quantitative estimate of drug-likeness (QED) is 0.759. The SMILES string of the molecule is CNC(C)CNC(=O)C(C)Oc1cccnc1. The summed E-state index contributed by atoms with van der Waals surface area (Å²) in [4.78, 5) is 15.6. The van der Waals surface area contributed by atoms with Crippen LogP contribution in [-0.4, -0.2) is 36.6 Å². The third kappa shape index (κ3) is 4.82. The normalized spacial score (nSPS) is 13.8. The minimum atomic E-state index is -0.525. The zero-order chi connectivity index (χ0) is 12.7. The molecule has 0 fully saturated rings. The first-order valence-corrected chi connectivity index (χ1v) is 5.65. The molecule has 0 saturated carbocycles. The van der Waals surface area contributed by atoms with Crippen LogP contribution in [0.4, 0.5) is 0 Å². The molecule has 2 N–H and O–H groups in total. The molecule has 2 unspecified atom stereocenters. The third-order valence-electron chi connectivity index (χ3n) is 2.39. The summed E-state index contributed by atoms with van der Waals surface area (Å²) in [6.07, 6.45) is 2.72. The number of pyridine rings is 1. The third-order valence-corrected chi connectivity index (χ3v) is 2.39. The van der Waals surface area contributed by atoms with Gasteiger partial charge in [0.1, 0.15) is 5.75 Å². The molecule has 2 atom stereocenters. The minimum absolute atomic E-state index is 0.129. The van der Waals surface area contributed by atoms with Gasteiger partial charge in [0, 0.05) is 18.8 Å². The maximum absolute atomic E-state index is 11.7. The molecule has 17 heavy (non-hydrogen) atoms. The van der Waals surface area contributed by atoms with Crippen LogP contribution in [0, 0.1) is 0 Å². The second-order valence-corrected chi connectivity index (χ2v) is 3.88. The van der Waals surface area contributed by atoms with Crippen LogP contribution in [0.5, 0.6) is 5.75 Å². The van der Waals surface area contributed by atoms with Gasteiger partial charge in [0.15, 0.2) is 6.10 Å². The fraction of sp³-hybridized carbons (Fsp3) is 0.500.